The molecule has 4 nitrogen and oxygen atoms in total. The predicted molar refractivity (Wildman–Crippen MR) is 66.8 cm³/mol. The average molecular weight is 271 g/mol. The molecule has 0 saturated carbocycles. The van der Waals surface area contributed by atoms with E-state index in [2.05, 4.69) is 0 Å². The maximum Gasteiger partial charge on any atom is 0.279 e. The van der Waals surface area contributed by atoms with Gasteiger partial charge in [-0.05, 0) is 18.6 Å². The topological polar surface area (TPSA) is 66.9 Å². The minimum absolute atomic E-state index is 0.0957. The summed E-state index contributed by atoms with van der Waals surface area (Å²) in [5, 5.41) is 20.1. The van der Waals surface area contributed by atoms with Crippen LogP contribution in [0.3, 0.4) is 0 Å². The number of nitrogens with zero attached hydrogens (tertiary/aromatic N) is 2. The molecule has 1 rings (SSSR count). The lowest BCUT2D eigenvalue weighted by Gasteiger charge is -2.04. The number of nitro benzene ring substituents is 1. The third-order valence-corrected chi connectivity index (χ3v) is 2.81. The van der Waals surface area contributed by atoms with E-state index >= 15 is 0 Å². The van der Waals surface area contributed by atoms with Gasteiger partial charge in [0.15, 0.2) is 0 Å². The number of halogens is 2. The van der Waals surface area contributed by atoms with Crippen LogP contribution in [0.25, 0.3) is 5.03 Å². The molecule has 0 amide bonds. The van der Waals surface area contributed by atoms with Crippen molar-refractivity contribution in [2.24, 2.45) is 0 Å². The fourth-order valence-corrected chi connectivity index (χ4v) is 1.79. The third-order valence-electron chi connectivity index (χ3n) is 2.15. The van der Waals surface area contributed by atoms with Crippen LogP contribution < -0.4 is 0 Å². The number of allylic oxidation sites excluding steroid dienone is 1. The highest BCUT2D eigenvalue weighted by atomic mass is 35.5. The number of nitriles is 1. The van der Waals surface area contributed by atoms with E-state index in [0.29, 0.717) is 12.0 Å². The van der Waals surface area contributed by atoms with Crippen molar-refractivity contribution in [2.75, 3.05) is 0 Å². The second kappa shape index (κ2) is 5.67. The summed E-state index contributed by atoms with van der Waals surface area (Å²) in [6, 6.07) is 6.07. The zero-order valence-electron chi connectivity index (χ0n) is 8.91. The van der Waals surface area contributed by atoms with E-state index in [-0.39, 0.29) is 21.3 Å². The lowest BCUT2D eigenvalue weighted by Crippen LogP contribution is -1.94. The maximum atomic E-state index is 10.9. The normalized spacial score (nSPS) is 11.6. The van der Waals surface area contributed by atoms with Crippen molar-refractivity contribution in [3.63, 3.8) is 0 Å². The van der Waals surface area contributed by atoms with E-state index in [1.54, 1.807) is 6.92 Å². The molecule has 6 heteroatoms. The molecule has 0 saturated heterocycles. The summed E-state index contributed by atoms with van der Waals surface area (Å²) in [5.74, 6) is 0. The van der Waals surface area contributed by atoms with Crippen LogP contribution in [-0.2, 0) is 0 Å². The molecule has 0 radical (unpaired) electrons. The van der Waals surface area contributed by atoms with Crippen molar-refractivity contribution in [1.29, 1.82) is 5.26 Å². The van der Waals surface area contributed by atoms with Gasteiger partial charge in [0, 0.05) is 16.7 Å². The molecule has 0 fully saturated rings. The van der Waals surface area contributed by atoms with Crippen LogP contribution in [0.5, 0.6) is 0 Å². The van der Waals surface area contributed by atoms with Crippen molar-refractivity contribution in [1.82, 2.24) is 0 Å². The van der Waals surface area contributed by atoms with Crippen molar-refractivity contribution in [2.45, 2.75) is 13.3 Å². The van der Waals surface area contributed by atoms with E-state index < -0.39 is 4.92 Å². The SMILES string of the molecule is CCC(C#N)=C(Cl)c1ccc(Cl)cc1[N+](=O)[O-]. The molecular formula is C11H8Cl2N2O2. The van der Waals surface area contributed by atoms with Crippen molar-refractivity contribution >= 4 is 33.9 Å². The first kappa shape index (κ1) is 13.5. The van der Waals surface area contributed by atoms with Crippen LogP contribution >= 0.6 is 23.2 Å². The van der Waals surface area contributed by atoms with Gasteiger partial charge in [-0.15, -0.1) is 0 Å². The molecule has 0 N–H and O–H groups in total. The van der Waals surface area contributed by atoms with Crippen LogP contribution in [0, 0.1) is 21.4 Å². The molecule has 0 atom stereocenters. The van der Waals surface area contributed by atoms with Gasteiger partial charge in [-0.3, -0.25) is 10.1 Å². The highest BCUT2D eigenvalue weighted by Crippen LogP contribution is 2.33. The maximum absolute atomic E-state index is 10.9. The van der Waals surface area contributed by atoms with E-state index in [0.717, 1.165) is 0 Å². The lowest BCUT2D eigenvalue weighted by atomic mass is 10.1. The second-order valence-corrected chi connectivity index (χ2v) is 3.99. The molecule has 0 aliphatic carbocycles. The molecule has 0 spiro atoms. The van der Waals surface area contributed by atoms with E-state index in [9.17, 15) is 10.1 Å². The first-order chi connectivity index (χ1) is 8.01. The first-order valence-electron chi connectivity index (χ1n) is 4.74. The molecule has 17 heavy (non-hydrogen) atoms. The van der Waals surface area contributed by atoms with Gasteiger partial charge in [0.25, 0.3) is 5.69 Å². The largest absolute Gasteiger partial charge is 0.279 e. The summed E-state index contributed by atoms with van der Waals surface area (Å²) >= 11 is 11.7. The Balaban J connectivity index is 3.47. The van der Waals surface area contributed by atoms with Gasteiger partial charge >= 0.3 is 0 Å². The molecule has 0 aromatic heterocycles. The van der Waals surface area contributed by atoms with Crippen LogP contribution in [0.2, 0.25) is 5.02 Å². The summed E-state index contributed by atoms with van der Waals surface area (Å²) in [5.41, 5.74) is 0.306. The average Bonchev–Trinajstić information content (AvgIpc) is 2.30. The zero-order valence-corrected chi connectivity index (χ0v) is 10.4. The molecule has 1 aromatic rings. The van der Waals surface area contributed by atoms with Crippen LogP contribution in [-0.4, -0.2) is 4.92 Å². The third kappa shape index (κ3) is 2.96. The highest BCUT2D eigenvalue weighted by Gasteiger charge is 2.18. The molecule has 0 aliphatic heterocycles. The number of hydrogen-bond acceptors (Lipinski definition) is 3. The summed E-state index contributed by atoms with van der Waals surface area (Å²) in [4.78, 5) is 10.3. The minimum Gasteiger partial charge on any atom is -0.258 e. The molecule has 0 aliphatic rings. The van der Waals surface area contributed by atoms with Crippen LogP contribution in [0.4, 0.5) is 5.69 Å². The Bertz CT molecular complexity index is 533. The van der Waals surface area contributed by atoms with Gasteiger partial charge in [0.05, 0.1) is 21.6 Å². The molecule has 0 bridgehead atoms. The monoisotopic (exact) mass is 270 g/mol. The molecule has 0 heterocycles. The quantitative estimate of drug-likeness (QED) is 0.471. The smallest absolute Gasteiger partial charge is 0.258 e. The molecule has 88 valence electrons. The standard InChI is InChI=1S/C11H8Cl2N2O2/c1-2-7(6-14)11(13)9-4-3-8(12)5-10(9)15(16)17/h3-5H,2H2,1H3. The Morgan fingerprint density at radius 3 is 2.71 bits per heavy atom. The Morgan fingerprint density at radius 2 is 2.24 bits per heavy atom. The number of hydrogen-bond donors (Lipinski definition) is 0. The van der Waals surface area contributed by atoms with Gasteiger partial charge in [-0.25, -0.2) is 0 Å². The molecule has 0 unspecified atom stereocenters. The van der Waals surface area contributed by atoms with E-state index in [1.807, 2.05) is 6.07 Å². The first-order valence-corrected chi connectivity index (χ1v) is 5.49. The van der Waals surface area contributed by atoms with Gasteiger partial charge in [0.2, 0.25) is 0 Å². The fourth-order valence-electron chi connectivity index (χ4n) is 1.29. The predicted octanol–water partition coefficient (Wildman–Crippen LogP) is 4.13. The lowest BCUT2D eigenvalue weighted by molar-refractivity contribution is -0.385. The summed E-state index contributed by atoms with van der Waals surface area (Å²) < 4.78 is 0. The number of nitro groups is 1. The minimum atomic E-state index is -0.575. The van der Waals surface area contributed by atoms with Crippen molar-refractivity contribution < 1.29 is 4.92 Å². The van der Waals surface area contributed by atoms with Crippen LogP contribution in [0.1, 0.15) is 18.9 Å². The second-order valence-electron chi connectivity index (χ2n) is 3.18. The Hall–Kier alpha value is -1.57. The van der Waals surface area contributed by atoms with Crippen LogP contribution in [0.15, 0.2) is 23.8 Å². The molecule has 1 aromatic carbocycles. The van der Waals surface area contributed by atoms with Gasteiger partial charge in [0.1, 0.15) is 0 Å². The zero-order chi connectivity index (χ0) is 13.0. The Kier molecular flexibility index (Phi) is 4.50. The van der Waals surface area contributed by atoms with E-state index in [4.69, 9.17) is 28.5 Å². The number of benzene rings is 1. The van der Waals surface area contributed by atoms with Gasteiger partial charge in [-0.2, -0.15) is 5.26 Å². The van der Waals surface area contributed by atoms with Gasteiger partial charge < -0.3 is 0 Å². The number of rotatable bonds is 3. The van der Waals surface area contributed by atoms with E-state index in [1.165, 1.54) is 18.2 Å². The van der Waals surface area contributed by atoms with Crippen molar-refractivity contribution in [3.8, 4) is 6.07 Å². The molecular weight excluding hydrogens is 263 g/mol. The fraction of sp³-hybridized carbons (Fsp3) is 0.182. The Labute approximate surface area is 108 Å². The van der Waals surface area contributed by atoms with Gasteiger partial charge in [-0.1, -0.05) is 30.1 Å². The Morgan fingerprint density at radius 1 is 1.59 bits per heavy atom. The summed E-state index contributed by atoms with van der Waals surface area (Å²) in [7, 11) is 0. The summed E-state index contributed by atoms with van der Waals surface area (Å²) in [6.07, 6.45) is 0.412. The summed E-state index contributed by atoms with van der Waals surface area (Å²) in [6.45, 7) is 1.75. The van der Waals surface area contributed by atoms with Crippen molar-refractivity contribution in [3.05, 3.63) is 44.5 Å². The highest BCUT2D eigenvalue weighted by molar-refractivity contribution is 6.50.